The van der Waals surface area contributed by atoms with E-state index in [0.29, 0.717) is 28.4 Å². The van der Waals surface area contributed by atoms with Crippen molar-refractivity contribution in [2.24, 2.45) is 5.84 Å². The molecule has 0 atom stereocenters. The molecule has 104 valence electrons. The molecule has 0 bridgehead atoms. The average Bonchev–Trinajstić information content (AvgIpc) is 3.27. The van der Waals surface area contributed by atoms with Crippen molar-refractivity contribution >= 4 is 17.4 Å². The minimum atomic E-state index is 0.428. The van der Waals surface area contributed by atoms with E-state index in [-0.39, 0.29) is 0 Å². The Balaban J connectivity index is 1.88. The quantitative estimate of drug-likeness (QED) is 0.667. The van der Waals surface area contributed by atoms with Crippen molar-refractivity contribution in [2.75, 3.05) is 5.43 Å². The van der Waals surface area contributed by atoms with Crippen molar-refractivity contribution in [3.8, 4) is 11.6 Å². The maximum absolute atomic E-state index is 6.00. The minimum absolute atomic E-state index is 0.428. The molecular weight excluding hydrogens is 276 g/mol. The van der Waals surface area contributed by atoms with Crippen LogP contribution in [0.2, 0.25) is 5.02 Å². The van der Waals surface area contributed by atoms with Crippen LogP contribution in [-0.2, 0) is 0 Å². The molecule has 3 N–H and O–H groups in total. The molecule has 20 heavy (non-hydrogen) atoms. The highest BCUT2D eigenvalue weighted by Gasteiger charge is 2.27. The van der Waals surface area contributed by atoms with Crippen molar-refractivity contribution < 1.29 is 4.74 Å². The lowest BCUT2D eigenvalue weighted by Gasteiger charge is -2.09. The molecule has 2 aromatic rings. The van der Waals surface area contributed by atoms with Gasteiger partial charge in [-0.3, -0.25) is 0 Å². The molecule has 1 aliphatic rings. The number of hydrazine groups is 1. The number of nitrogens with one attached hydrogen (secondary N) is 1. The van der Waals surface area contributed by atoms with Crippen LogP contribution in [0.25, 0.3) is 0 Å². The predicted molar refractivity (Wildman–Crippen MR) is 78.1 cm³/mol. The standard InChI is InChI=1S/C14H15ClN4O/c1-8-6-10(4-5-11(8)15)20-13-7-12(19-16)17-14(18-13)9-2-3-9/h4-7,9H,2-3,16H2,1H3,(H,17,18,19). The summed E-state index contributed by atoms with van der Waals surface area (Å²) in [5, 5.41) is 0.711. The molecule has 3 rings (SSSR count). The van der Waals surface area contributed by atoms with E-state index >= 15 is 0 Å². The Morgan fingerprint density at radius 3 is 2.75 bits per heavy atom. The highest BCUT2D eigenvalue weighted by molar-refractivity contribution is 6.31. The number of rotatable bonds is 4. The van der Waals surface area contributed by atoms with Crippen molar-refractivity contribution in [2.45, 2.75) is 25.7 Å². The molecule has 1 fully saturated rings. The number of hydrogen-bond donors (Lipinski definition) is 2. The molecule has 5 nitrogen and oxygen atoms in total. The zero-order chi connectivity index (χ0) is 14.1. The second-order valence-corrected chi connectivity index (χ2v) is 5.29. The molecular formula is C14H15ClN4O. The van der Waals surface area contributed by atoms with Gasteiger partial charge in [-0.2, -0.15) is 4.98 Å². The minimum Gasteiger partial charge on any atom is -0.439 e. The van der Waals surface area contributed by atoms with E-state index in [0.717, 1.165) is 24.2 Å². The molecule has 1 aromatic heterocycles. The Morgan fingerprint density at radius 1 is 1.30 bits per heavy atom. The number of ether oxygens (including phenoxy) is 1. The molecule has 1 saturated carbocycles. The number of nitrogen functional groups attached to an aromatic ring is 1. The van der Waals surface area contributed by atoms with Crippen LogP contribution in [0.3, 0.4) is 0 Å². The number of aromatic nitrogens is 2. The van der Waals surface area contributed by atoms with Crippen LogP contribution in [0.1, 0.15) is 30.1 Å². The summed E-state index contributed by atoms with van der Waals surface area (Å²) in [6.45, 7) is 1.93. The third kappa shape index (κ3) is 2.84. The van der Waals surface area contributed by atoms with Gasteiger partial charge in [-0.25, -0.2) is 10.8 Å². The fourth-order valence-corrected chi connectivity index (χ4v) is 2.01. The Hall–Kier alpha value is -1.85. The predicted octanol–water partition coefficient (Wildman–Crippen LogP) is 3.39. The zero-order valence-corrected chi connectivity index (χ0v) is 11.8. The van der Waals surface area contributed by atoms with Gasteiger partial charge in [-0.05, 0) is 43.5 Å². The number of aryl methyl sites for hydroxylation is 1. The van der Waals surface area contributed by atoms with E-state index in [1.165, 1.54) is 0 Å². The SMILES string of the molecule is Cc1cc(Oc2cc(NN)nc(C3CC3)n2)ccc1Cl. The molecule has 1 heterocycles. The lowest BCUT2D eigenvalue weighted by Crippen LogP contribution is -2.10. The maximum atomic E-state index is 6.00. The van der Waals surface area contributed by atoms with Crippen molar-refractivity contribution in [1.82, 2.24) is 9.97 Å². The molecule has 6 heteroatoms. The van der Waals surface area contributed by atoms with Gasteiger partial charge < -0.3 is 10.2 Å². The number of benzene rings is 1. The van der Waals surface area contributed by atoms with Gasteiger partial charge in [0.25, 0.3) is 0 Å². The fraction of sp³-hybridized carbons (Fsp3) is 0.286. The Kier molecular flexibility index (Phi) is 3.46. The van der Waals surface area contributed by atoms with Gasteiger partial charge in [0.2, 0.25) is 5.88 Å². The number of halogens is 1. The van der Waals surface area contributed by atoms with E-state index in [1.54, 1.807) is 12.1 Å². The van der Waals surface area contributed by atoms with Gasteiger partial charge in [-0.15, -0.1) is 0 Å². The monoisotopic (exact) mass is 290 g/mol. The van der Waals surface area contributed by atoms with Crippen LogP contribution in [0.4, 0.5) is 5.82 Å². The topological polar surface area (TPSA) is 73.1 Å². The van der Waals surface area contributed by atoms with Gasteiger partial charge in [0.15, 0.2) is 0 Å². The lowest BCUT2D eigenvalue weighted by atomic mass is 10.2. The first kappa shape index (κ1) is 13.1. The van der Waals surface area contributed by atoms with Crippen LogP contribution in [0, 0.1) is 6.92 Å². The van der Waals surface area contributed by atoms with Gasteiger partial charge in [0, 0.05) is 17.0 Å². The first-order valence-electron chi connectivity index (χ1n) is 6.45. The summed E-state index contributed by atoms with van der Waals surface area (Å²) in [6.07, 6.45) is 2.24. The molecule has 0 saturated heterocycles. The normalized spacial score (nSPS) is 14.2. The number of anilines is 1. The summed E-state index contributed by atoms with van der Waals surface area (Å²) >= 11 is 6.00. The summed E-state index contributed by atoms with van der Waals surface area (Å²) in [7, 11) is 0. The van der Waals surface area contributed by atoms with E-state index < -0.39 is 0 Å². The largest absolute Gasteiger partial charge is 0.439 e. The zero-order valence-electron chi connectivity index (χ0n) is 11.1. The molecule has 0 spiro atoms. The number of nitrogens with two attached hydrogens (primary N) is 1. The highest BCUT2D eigenvalue weighted by atomic mass is 35.5. The first-order chi connectivity index (χ1) is 9.65. The first-order valence-corrected chi connectivity index (χ1v) is 6.83. The van der Waals surface area contributed by atoms with Gasteiger partial charge in [0.05, 0.1) is 0 Å². The number of hydrogen-bond acceptors (Lipinski definition) is 5. The van der Waals surface area contributed by atoms with E-state index in [2.05, 4.69) is 15.4 Å². The summed E-state index contributed by atoms with van der Waals surface area (Å²) in [5.74, 6) is 8.37. The molecule has 1 aromatic carbocycles. The molecule has 0 unspecified atom stereocenters. The molecule has 0 radical (unpaired) electrons. The Bertz CT molecular complexity index is 643. The lowest BCUT2D eigenvalue weighted by molar-refractivity contribution is 0.458. The second-order valence-electron chi connectivity index (χ2n) is 4.88. The van der Waals surface area contributed by atoms with Crippen LogP contribution in [0.5, 0.6) is 11.6 Å². The molecule has 0 aliphatic heterocycles. The van der Waals surface area contributed by atoms with Crippen molar-refractivity contribution in [3.63, 3.8) is 0 Å². The average molecular weight is 291 g/mol. The Morgan fingerprint density at radius 2 is 2.10 bits per heavy atom. The maximum Gasteiger partial charge on any atom is 0.224 e. The van der Waals surface area contributed by atoms with Crippen molar-refractivity contribution in [3.05, 3.63) is 40.7 Å². The number of nitrogens with zero attached hydrogens (tertiary/aromatic N) is 2. The third-order valence-corrected chi connectivity index (χ3v) is 3.59. The van der Waals surface area contributed by atoms with Gasteiger partial charge in [-0.1, -0.05) is 11.6 Å². The summed E-state index contributed by atoms with van der Waals surface area (Å²) < 4.78 is 5.77. The second kappa shape index (κ2) is 5.26. The molecule has 1 aliphatic carbocycles. The van der Waals surface area contributed by atoms with Crippen molar-refractivity contribution in [1.29, 1.82) is 0 Å². The Labute approximate surface area is 122 Å². The molecule has 0 amide bonds. The summed E-state index contributed by atoms with van der Waals surface area (Å²) in [5.41, 5.74) is 3.50. The van der Waals surface area contributed by atoms with E-state index in [1.807, 2.05) is 19.1 Å². The van der Waals surface area contributed by atoms with Crippen LogP contribution in [-0.4, -0.2) is 9.97 Å². The van der Waals surface area contributed by atoms with Gasteiger partial charge >= 0.3 is 0 Å². The van der Waals surface area contributed by atoms with Crippen LogP contribution >= 0.6 is 11.6 Å². The fourth-order valence-electron chi connectivity index (χ4n) is 1.89. The summed E-state index contributed by atoms with van der Waals surface area (Å²) in [4.78, 5) is 8.77. The van der Waals surface area contributed by atoms with E-state index in [4.69, 9.17) is 22.2 Å². The highest BCUT2D eigenvalue weighted by Crippen LogP contribution is 2.39. The van der Waals surface area contributed by atoms with E-state index in [9.17, 15) is 0 Å². The smallest absolute Gasteiger partial charge is 0.224 e. The third-order valence-electron chi connectivity index (χ3n) is 3.16. The van der Waals surface area contributed by atoms with Crippen LogP contribution < -0.4 is 16.0 Å². The van der Waals surface area contributed by atoms with Gasteiger partial charge in [0.1, 0.15) is 17.4 Å². The summed E-state index contributed by atoms with van der Waals surface area (Å²) in [6, 6.07) is 7.16. The van der Waals surface area contributed by atoms with Crippen LogP contribution in [0.15, 0.2) is 24.3 Å².